The molecule has 2 N–H and O–H groups in total. The summed E-state index contributed by atoms with van der Waals surface area (Å²) in [7, 11) is 3.19. The maximum atomic E-state index is 12.3. The summed E-state index contributed by atoms with van der Waals surface area (Å²) in [5.41, 5.74) is 1.78. The van der Waals surface area contributed by atoms with Crippen LogP contribution in [0.1, 0.15) is 23.3 Å². The van der Waals surface area contributed by atoms with Gasteiger partial charge in [0.15, 0.2) is 0 Å². The van der Waals surface area contributed by atoms with Crippen molar-refractivity contribution in [1.82, 2.24) is 15.5 Å². The number of amides is 1. The van der Waals surface area contributed by atoms with E-state index in [1.54, 1.807) is 20.3 Å². The normalized spacial score (nSPS) is 17.3. The molecular formula is C17H21N3O4. The maximum absolute atomic E-state index is 12.3. The highest BCUT2D eigenvalue weighted by atomic mass is 16.5. The highest BCUT2D eigenvalue weighted by Crippen LogP contribution is 2.32. The number of nitrogens with zero attached hydrogens (tertiary/aromatic N) is 1. The number of aromatic nitrogens is 2. The van der Waals surface area contributed by atoms with Gasteiger partial charge >= 0.3 is 0 Å². The van der Waals surface area contributed by atoms with E-state index < -0.39 is 0 Å². The lowest BCUT2D eigenvalue weighted by atomic mass is 10.1. The molecule has 1 amide bonds. The molecule has 1 aliphatic rings. The zero-order chi connectivity index (χ0) is 16.9. The van der Waals surface area contributed by atoms with Crippen LogP contribution in [0, 0.1) is 0 Å². The third kappa shape index (κ3) is 3.51. The van der Waals surface area contributed by atoms with Gasteiger partial charge in [-0.05, 0) is 37.1 Å². The minimum absolute atomic E-state index is 0.0457. The van der Waals surface area contributed by atoms with Crippen LogP contribution in [0.2, 0.25) is 0 Å². The van der Waals surface area contributed by atoms with E-state index in [2.05, 4.69) is 15.5 Å². The number of hydrogen-bond acceptors (Lipinski definition) is 5. The largest absolute Gasteiger partial charge is 0.497 e. The van der Waals surface area contributed by atoms with E-state index >= 15 is 0 Å². The van der Waals surface area contributed by atoms with Crippen LogP contribution in [0.4, 0.5) is 0 Å². The molecule has 2 aromatic rings. The fraction of sp³-hybridized carbons (Fsp3) is 0.412. The zero-order valence-corrected chi connectivity index (χ0v) is 13.8. The van der Waals surface area contributed by atoms with Crippen molar-refractivity contribution in [3.63, 3.8) is 0 Å². The molecule has 3 rings (SSSR count). The summed E-state index contributed by atoms with van der Waals surface area (Å²) in [6.07, 6.45) is 1.89. The van der Waals surface area contributed by atoms with Gasteiger partial charge in [0.25, 0.3) is 5.91 Å². The third-order valence-corrected chi connectivity index (χ3v) is 4.00. The van der Waals surface area contributed by atoms with Crippen molar-refractivity contribution < 1.29 is 19.0 Å². The lowest BCUT2D eigenvalue weighted by Gasteiger charge is -2.22. The Kier molecular flexibility index (Phi) is 5.00. The first-order chi connectivity index (χ1) is 11.7. The van der Waals surface area contributed by atoms with Crippen molar-refractivity contribution in [3.05, 3.63) is 30.0 Å². The van der Waals surface area contributed by atoms with E-state index in [0.29, 0.717) is 29.5 Å². The summed E-state index contributed by atoms with van der Waals surface area (Å²) < 4.78 is 16.0. The second-order valence-corrected chi connectivity index (χ2v) is 5.62. The number of carbonyl (C=O) groups is 1. The number of nitrogens with one attached hydrogen (secondary N) is 2. The second kappa shape index (κ2) is 7.35. The van der Waals surface area contributed by atoms with E-state index in [1.165, 1.54) is 0 Å². The highest BCUT2D eigenvalue weighted by Gasteiger charge is 2.19. The fourth-order valence-corrected chi connectivity index (χ4v) is 2.71. The summed E-state index contributed by atoms with van der Waals surface area (Å²) in [5, 5.41) is 9.98. The molecule has 0 radical (unpaired) electrons. The number of hydrogen-bond donors (Lipinski definition) is 2. The molecule has 1 unspecified atom stereocenters. The van der Waals surface area contributed by atoms with Crippen molar-refractivity contribution in [3.8, 4) is 22.8 Å². The lowest BCUT2D eigenvalue weighted by Crippen LogP contribution is -2.40. The van der Waals surface area contributed by atoms with Crippen LogP contribution in [0.15, 0.2) is 24.3 Å². The summed E-state index contributed by atoms with van der Waals surface area (Å²) in [6.45, 7) is 1.31. The first-order valence-electron chi connectivity index (χ1n) is 7.87. The number of benzene rings is 1. The molecule has 1 atom stereocenters. The molecule has 2 heterocycles. The maximum Gasteiger partial charge on any atom is 0.269 e. The van der Waals surface area contributed by atoms with Gasteiger partial charge in [-0.3, -0.25) is 9.89 Å². The molecule has 1 aromatic heterocycles. The Morgan fingerprint density at radius 1 is 1.33 bits per heavy atom. The SMILES string of the molecule is COc1ccc(OC)c(-c2cc(C(=O)NC3CCCOC3)[nH]n2)c1. The molecular weight excluding hydrogens is 310 g/mol. The number of aromatic amines is 1. The smallest absolute Gasteiger partial charge is 0.269 e. The van der Waals surface area contributed by atoms with Gasteiger partial charge in [0, 0.05) is 12.2 Å². The molecule has 0 spiro atoms. The predicted octanol–water partition coefficient (Wildman–Crippen LogP) is 2.00. The van der Waals surface area contributed by atoms with E-state index in [0.717, 1.165) is 25.0 Å². The van der Waals surface area contributed by atoms with Crippen LogP contribution < -0.4 is 14.8 Å². The molecule has 0 bridgehead atoms. The standard InChI is InChI=1S/C17H21N3O4/c1-22-12-5-6-16(23-2)13(8-12)14-9-15(20-19-14)17(21)18-11-4-3-7-24-10-11/h5-6,8-9,11H,3-4,7,10H2,1-2H3,(H,18,21)(H,19,20). The summed E-state index contributed by atoms with van der Waals surface area (Å²) in [4.78, 5) is 12.3. The van der Waals surface area contributed by atoms with Gasteiger partial charge in [0.05, 0.1) is 32.6 Å². The Labute approximate surface area is 140 Å². The van der Waals surface area contributed by atoms with Gasteiger partial charge in [-0.25, -0.2) is 0 Å². The molecule has 1 fully saturated rings. The van der Waals surface area contributed by atoms with Crippen molar-refractivity contribution in [2.45, 2.75) is 18.9 Å². The topological polar surface area (TPSA) is 85.5 Å². The molecule has 0 saturated carbocycles. The summed E-state index contributed by atoms with van der Waals surface area (Å²) >= 11 is 0. The predicted molar refractivity (Wildman–Crippen MR) is 88.4 cm³/mol. The average Bonchev–Trinajstić information content (AvgIpc) is 3.12. The van der Waals surface area contributed by atoms with Gasteiger partial charge in [-0.2, -0.15) is 5.10 Å². The van der Waals surface area contributed by atoms with Crippen LogP contribution in [0.5, 0.6) is 11.5 Å². The average molecular weight is 331 g/mol. The van der Waals surface area contributed by atoms with Crippen LogP contribution in [0.3, 0.4) is 0 Å². The number of ether oxygens (including phenoxy) is 3. The third-order valence-electron chi connectivity index (χ3n) is 4.00. The Morgan fingerprint density at radius 2 is 2.21 bits per heavy atom. The van der Waals surface area contributed by atoms with Crippen molar-refractivity contribution in [2.24, 2.45) is 0 Å². The minimum atomic E-state index is -0.189. The monoisotopic (exact) mass is 331 g/mol. The highest BCUT2D eigenvalue weighted by molar-refractivity contribution is 5.93. The molecule has 7 heteroatoms. The minimum Gasteiger partial charge on any atom is -0.497 e. The van der Waals surface area contributed by atoms with Crippen LogP contribution in [-0.4, -0.2) is 49.6 Å². The van der Waals surface area contributed by atoms with Crippen molar-refractivity contribution in [2.75, 3.05) is 27.4 Å². The van der Waals surface area contributed by atoms with Crippen molar-refractivity contribution in [1.29, 1.82) is 0 Å². The molecule has 7 nitrogen and oxygen atoms in total. The van der Waals surface area contributed by atoms with E-state index in [9.17, 15) is 4.79 Å². The molecule has 24 heavy (non-hydrogen) atoms. The molecule has 0 aliphatic carbocycles. The number of carbonyl (C=O) groups excluding carboxylic acids is 1. The Balaban J connectivity index is 1.78. The van der Waals surface area contributed by atoms with Gasteiger partial charge in [0.2, 0.25) is 0 Å². The lowest BCUT2D eigenvalue weighted by molar-refractivity contribution is 0.0622. The van der Waals surface area contributed by atoms with Crippen molar-refractivity contribution >= 4 is 5.91 Å². The number of methoxy groups -OCH3 is 2. The fourth-order valence-electron chi connectivity index (χ4n) is 2.71. The molecule has 128 valence electrons. The Morgan fingerprint density at radius 3 is 2.92 bits per heavy atom. The Hall–Kier alpha value is -2.54. The zero-order valence-electron chi connectivity index (χ0n) is 13.8. The van der Waals surface area contributed by atoms with Gasteiger partial charge in [-0.1, -0.05) is 0 Å². The summed E-state index contributed by atoms with van der Waals surface area (Å²) in [6, 6.07) is 7.19. The first kappa shape index (κ1) is 16.3. The second-order valence-electron chi connectivity index (χ2n) is 5.62. The van der Waals surface area contributed by atoms with Crippen LogP contribution in [0.25, 0.3) is 11.3 Å². The first-order valence-corrected chi connectivity index (χ1v) is 7.87. The quantitative estimate of drug-likeness (QED) is 0.875. The van der Waals surface area contributed by atoms with Crippen LogP contribution >= 0.6 is 0 Å². The number of rotatable bonds is 5. The van der Waals surface area contributed by atoms with E-state index in [4.69, 9.17) is 14.2 Å². The molecule has 1 saturated heterocycles. The van der Waals surface area contributed by atoms with Gasteiger partial charge < -0.3 is 19.5 Å². The van der Waals surface area contributed by atoms with E-state index in [1.807, 2.05) is 18.2 Å². The van der Waals surface area contributed by atoms with Gasteiger partial charge in [-0.15, -0.1) is 0 Å². The Bertz CT molecular complexity index is 708. The molecule has 1 aromatic carbocycles. The van der Waals surface area contributed by atoms with Crippen LogP contribution in [-0.2, 0) is 4.74 Å². The molecule has 1 aliphatic heterocycles. The summed E-state index contributed by atoms with van der Waals surface area (Å²) in [5.74, 6) is 1.17. The number of H-pyrrole nitrogens is 1. The van der Waals surface area contributed by atoms with E-state index in [-0.39, 0.29) is 11.9 Å². The van der Waals surface area contributed by atoms with Gasteiger partial charge in [0.1, 0.15) is 17.2 Å².